The van der Waals surface area contributed by atoms with E-state index < -0.39 is 6.36 Å². The van der Waals surface area contributed by atoms with Crippen LogP contribution in [0.15, 0.2) is 66.2 Å². The Morgan fingerprint density at radius 2 is 1.80 bits per heavy atom. The lowest BCUT2D eigenvalue weighted by Crippen LogP contribution is -2.18. The molecule has 0 aliphatic carbocycles. The second kappa shape index (κ2) is 13.3. The summed E-state index contributed by atoms with van der Waals surface area (Å²) in [5.74, 6) is 0.297. The summed E-state index contributed by atoms with van der Waals surface area (Å²) < 4.78 is 55.4. The summed E-state index contributed by atoms with van der Waals surface area (Å²) in [5, 5.41) is 22.5. The number of oxazole rings is 1. The standard InChI is InChI=1S/C27H29F3N8O3/c28-27(29,30)41-22-8-19(9-23-14-32-18-40-23)7-20(10-22)13-31-3-1-2-5-39-6-4-33-25-11-21(38-16-35-36-17-38)12-26-24(25)15-34-37-26/h7-8,10-12,14-18,31,33H,1-6,9,13H2,(H,34,37). The van der Waals surface area contributed by atoms with Gasteiger partial charge in [0.2, 0.25) is 0 Å². The number of halogens is 3. The summed E-state index contributed by atoms with van der Waals surface area (Å²) in [6.07, 6.45) is 5.11. The molecule has 3 heterocycles. The Balaban J connectivity index is 1.01. The van der Waals surface area contributed by atoms with E-state index in [0.717, 1.165) is 35.1 Å². The lowest BCUT2D eigenvalue weighted by molar-refractivity contribution is -0.274. The van der Waals surface area contributed by atoms with Crippen LogP contribution in [0.1, 0.15) is 29.7 Å². The van der Waals surface area contributed by atoms with Crippen molar-refractivity contribution in [3.8, 4) is 11.4 Å². The molecule has 5 rings (SSSR count). The number of fused-ring (bicyclic) bond motifs is 1. The summed E-state index contributed by atoms with van der Waals surface area (Å²) in [6, 6.07) is 8.56. The molecule has 11 nitrogen and oxygen atoms in total. The Bertz CT molecular complexity index is 1500. The second-order valence-corrected chi connectivity index (χ2v) is 9.29. The van der Waals surface area contributed by atoms with Gasteiger partial charge in [0.1, 0.15) is 24.2 Å². The number of nitrogens with one attached hydrogen (secondary N) is 3. The number of hydrogen-bond donors (Lipinski definition) is 3. The maximum Gasteiger partial charge on any atom is 0.573 e. The molecule has 0 amide bonds. The van der Waals surface area contributed by atoms with E-state index in [2.05, 4.69) is 40.7 Å². The third-order valence-corrected chi connectivity index (χ3v) is 6.17. The molecule has 0 aliphatic rings. The Morgan fingerprint density at radius 3 is 2.61 bits per heavy atom. The molecule has 0 unspecified atom stereocenters. The first kappa shape index (κ1) is 28.1. The summed E-state index contributed by atoms with van der Waals surface area (Å²) in [7, 11) is 0. The van der Waals surface area contributed by atoms with E-state index in [-0.39, 0.29) is 5.75 Å². The highest BCUT2D eigenvalue weighted by Crippen LogP contribution is 2.27. The number of rotatable bonds is 15. The van der Waals surface area contributed by atoms with Crippen LogP contribution < -0.4 is 15.4 Å². The number of anilines is 1. The molecule has 0 radical (unpaired) electrons. The molecule has 0 saturated heterocycles. The molecule has 0 atom stereocenters. The van der Waals surface area contributed by atoms with Crippen molar-refractivity contribution in [1.29, 1.82) is 0 Å². The largest absolute Gasteiger partial charge is 0.573 e. The van der Waals surface area contributed by atoms with Crippen LogP contribution in [-0.4, -0.2) is 62.6 Å². The fourth-order valence-corrected chi connectivity index (χ4v) is 4.37. The Morgan fingerprint density at radius 1 is 0.951 bits per heavy atom. The van der Waals surface area contributed by atoms with Crippen molar-refractivity contribution in [3.63, 3.8) is 0 Å². The summed E-state index contributed by atoms with van der Waals surface area (Å²) in [5.41, 5.74) is 4.07. The van der Waals surface area contributed by atoms with E-state index in [1.54, 1.807) is 18.9 Å². The van der Waals surface area contributed by atoms with Gasteiger partial charge in [-0.05, 0) is 54.8 Å². The zero-order valence-corrected chi connectivity index (χ0v) is 22.0. The Kier molecular flexibility index (Phi) is 9.11. The number of aromatic nitrogens is 6. The molecule has 0 aliphatic heterocycles. The fraction of sp³-hybridized carbons (Fsp3) is 0.333. The first-order valence-corrected chi connectivity index (χ1v) is 13.0. The molecule has 2 aromatic carbocycles. The van der Waals surface area contributed by atoms with Crippen molar-refractivity contribution >= 4 is 16.6 Å². The zero-order valence-electron chi connectivity index (χ0n) is 22.0. The predicted octanol–water partition coefficient (Wildman–Crippen LogP) is 4.62. The van der Waals surface area contributed by atoms with Crippen LogP contribution in [-0.2, 0) is 17.7 Å². The van der Waals surface area contributed by atoms with Gasteiger partial charge in [0.25, 0.3) is 0 Å². The molecular formula is C27H29F3N8O3. The fourth-order valence-electron chi connectivity index (χ4n) is 4.37. The minimum atomic E-state index is -4.77. The molecule has 0 spiro atoms. The molecule has 3 N–H and O–H groups in total. The van der Waals surface area contributed by atoms with Crippen LogP contribution in [0.3, 0.4) is 0 Å². The van der Waals surface area contributed by atoms with E-state index in [1.165, 1.54) is 24.7 Å². The van der Waals surface area contributed by atoms with Crippen molar-refractivity contribution in [2.75, 3.05) is 31.6 Å². The number of H-pyrrole nitrogens is 1. The van der Waals surface area contributed by atoms with Crippen molar-refractivity contribution < 1.29 is 27.1 Å². The smallest absolute Gasteiger partial charge is 0.448 e. The highest BCUT2D eigenvalue weighted by molar-refractivity contribution is 5.93. The van der Waals surface area contributed by atoms with Gasteiger partial charge in [0, 0.05) is 37.2 Å². The van der Waals surface area contributed by atoms with Crippen LogP contribution in [0.4, 0.5) is 18.9 Å². The first-order chi connectivity index (χ1) is 19.9. The van der Waals surface area contributed by atoms with Crippen molar-refractivity contribution in [3.05, 3.63) is 78.7 Å². The lowest BCUT2D eigenvalue weighted by atomic mass is 10.1. The average molecular weight is 571 g/mol. The number of alkyl halides is 3. The number of unbranched alkanes of at least 4 members (excludes halogenated alkanes) is 1. The number of aromatic amines is 1. The topological polar surface area (TPSA) is 128 Å². The molecule has 41 heavy (non-hydrogen) atoms. The number of nitrogens with zero attached hydrogens (tertiary/aromatic N) is 5. The highest BCUT2D eigenvalue weighted by atomic mass is 19.4. The van der Waals surface area contributed by atoms with Crippen molar-refractivity contribution in [2.45, 2.75) is 32.2 Å². The number of hydrogen-bond acceptors (Lipinski definition) is 9. The Hall–Kier alpha value is -4.43. The SMILES string of the molecule is FC(F)(F)Oc1cc(CNCCCCOCCNc2cc(-n3cnnc3)cc3[nH]ncc23)cc(Cc2cnco2)c1. The second-order valence-electron chi connectivity index (χ2n) is 9.29. The van der Waals surface area contributed by atoms with Crippen LogP contribution in [0.2, 0.25) is 0 Å². The molecule has 14 heteroatoms. The first-order valence-electron chi connectivity index (χ1n) is 13.0. The quantitative estimate of drug-likeness (QED) is 0.155. The summed E-state index contributed by atoms with van der Waals surface area (Å²) in [4.78, 5) is 3.85. The van der Waals surface area contributed by atoms with Crippen LogP contribution in [0.25, 0.3) is 16.6 Å². The van der Waals surface area contributed by atoms with Crippen LogP contribution in [0.5, 0.6) is 5.75 Å². The van der Waals surface area contributed by atoms with Crippen molar-refractivity contribution in [1.82, 2.24) is 35.3 Å². The molecule has 3 aromatic heterocycles. The van der Waals surface area contributed by atoms with E-state index in [1.807, 2.05) is 22.8 Å². The van der Waals surface area contributed by atoms with E-state index in [9.17, 15) is 13.2 Å². The van der Waals surface area contributed by atoms with Gasteiger partial charge in [-0.2, -0.15) is 5.10 Å². The molecule has 216 valence electrons. The zero-order chi connectivity index (χ0) is 28.5. The van der Waals surface area contributed by atoms with Gasteiger partial charge >= 0.3 is 6.36 Å². The lowest BCUT2D eigenvalue weighted by Gasteiger charge is -2.13. The van der Waals surface area contributed by atoms with Gasteiger partial charge in [-0.3, -0.25) is 9.67 Å². The molecule has 0 bridgehead atoms. The van der Waals surface area contributed by atoms with Gasteiger partial charge in [-0.25, -0.2) is 4.98 Å². The van der Waals surface area contributed by atoms with E-state index in [4.69, 9.17) is 9.15 Å². The van der Waals surface area contributed by atoms with Gasteiger partial charge in [-0.1, -0.05) is 6.07 Å². The predicted molar refractivity (Wildman–Crippen MR) is 144 cm³/mol. The highest BCUT2D eigenvalue weighted by Gasteiger charge is 2.31. The normalized spacial score (nSPS) is 11.8. The maximum atomic E-state index is 12.8. The van der Waals surface area contributed by atoms with Crippen molar-refractivity contribution in [2.24, 2.45) is 0 Å². The average Bonchev–Trinajstić information content (AvgIpc) is 3.71. The molecule has 0 saturated carbocycles. The van der Waals surface area contributed by atoms with E-state index in [0.29, 0.717) is 56.2 Å². The maximum absolute atomic E-state index is 12.8. The third-order valence-electron chi connectivity index (χ3n) is 6.17. The summed E-state index contributed by atoms with van der Waals surface area (Å²) in [6.45, 7) is 2.85. The molecule has 0 fully saturated rings. The van der Waals surface area contributed by atoms with Gasteiger partial charge in [0.05, 0.1) is 30.2 Å². The van der Waals surface area contributed by atoms with Gasteiger partial charge < -0.3 is 24.5 Å². The summed E-state index contributed by atoms with van der Waals surface area (Å²) >= 11 is 0. The molecular weight excluding hydrogens is 541 g/mol. The van der Waals surface area contributed by atoms with Crippen LogP contribution in [0, 0.1) is 0 Å². The minimum Gasteiger partial charge on any atom is -0.448 e. The minimum absolute atomic E-state index is 0.257. The van der Waals surface area contributed by atoms with Crippen LogP contribution >= 0.6 is 0 Å². The number of benzene rings is 2. The van der Waals surface area contributed by atoms with Gasteiger partial charge in [0.15, 0.2) is 6.39 Å². The monoisotopic (exact) mass is 570 g/mol. The molecule has 5 aromatic rings. The number of ether oxygens (including phenoxy) is 2. The Labute approximate surface area is 233 Å². The third kappa shape index (κ3) is 8.28. The van der Waals surface area contributed by atoms with Gasteiger partial charge in [-0.15, -0.1) is 23.4 Å². The van der Waals surface area contributed by atoms with E-state index >= 15 is 0 Å².